The first kappa shape index (κ1) is 24.7. The standard InChI is InChI=1S/C26H23BrN4O3S2/c1-34-18-12-10-17(11-13-18)31-25(33)23-19-7-3-5-9-21(19)36-24(23)29-26(31)35-15-22(32)30-28-14-16-6-2-4-8-20(16)27/h2,4,6,8,10-14H,3,5,7,9,15H2,1H3,(H,30,32). The number of aromatic nitrogens is 2. The molecule has 0 aliphatic heterocycles. The molecular formula is C26H23BrN4O3S2. The molecule has 1 aliphatic carbocycles. The molecule has 2 aromatic carbocycles. The molecular weight excluding hydrogens is 560 g/mol. The Bertz CT molecular complexity index is 1510. The zero-order chi connectivity index (χ0) is 25.1. The molecule has 0 fully saturated rings. The molecule has 0 spiro atoms. The van der Waals surface area contributed by atoms with Gasteiger partial charge in [-0.15, -0.1) is 11.3 Å². The van der Waals surface area contributed by atoms with E-state index < -0.39 is 0 Å². The van der Waals surface area contributed by atoms with Gasteiger partial charge in [0.05, 0.1) is 30.2 Å². The van der Waals surface area contributed by atoms with Gasteiger partial charge in [0.1, 0.15) is 10.6 Å². The maximum absolute atomic E-state index is 13.8. The highest BCUT2D eigenvalue weighted by Crippen LogP contribution is 2.35. The predicted molar refractivity (Wildman–Crippen MR) is 149 cm³/mol. The van der Waals surface area contributed by atoms with Gasteiger partial charge < -0.3 is 4.74 Å². The maximum Gasteiger partial charge on any atom is 0.267 e. The van der Waals surface area contributed by atoms with Crippen LogP contribution in [-0.2, 0) is 17.6 Å². The molecule has 0 bridgehead atoms. The molecule has 7 nitrogen and oxygen atoms in total. The van der Waals surface area contributed by atoms with E-state index in [1.807, 2.05) is 48.5 Å². The number of benzene rings is 2. The molecule has 0 radical (unpaired) electrons. The van der Waals surface area contributed by atoms with E-state index >= 15 is 0 Å². The van der Waals surface area contributed by atoms with E-state index in [1.54, 1.807) is 29.2 Å². The minimum Gasteiger partial charge on any atom is -0.497 e. The molecule has 2 aromatic heterocycles. The van der Waals surface area contributed by atoms with E-state index in [-0.39, 0.29) is 17.2 Å². The second-order valence-corrected chi connectivity index (χ2v) is 11.1. The van der Waals surface area contributed by atoms with Gasteiger partial charge in [-0.1, -0.05) is 45.9 Å². The lowest BCUT2D eigenvalue weighted by Gasteiger charge is -2.14. The number of carbonyl (C=O) groups excluding carboxylic acids is 1. The van der Waals surface area contributed by atoms with Crippen LogP contribution >= 0.6 is 39.0 Å². The summed E-state index contributed by atoms with van der Waals surface area (Å²) >= 11 is 6.27. The number of nitrogens with one attached hydrogen (secondary N) is 1. The molecule has 0 saturated carbocycles. The lowest BCUT2D eigenvalue weighted by Crippen LogP contribution is -2.24. The third-order valence-electron chi connectivity index (χ3n) is 5.92. The number of ether oxygens (including phenoxy) is 1. The van der Waals surface area contributed by atoms with Crippen LogP contribution in [0.4, 0.5) is 0 Å². The molecule has 0 unspecified atom stereocenters. The molecule has 10 heteroatoms. The van der Waals surface area contributed by atoms with E-state index in [4.69, 9.17) is 9.72 Å². The zero-order valence-electron chi connectivity index (χ0n) is 19.5. The summed E-state index contributed by atoms with van der Waals surface area (Å²) in [6.45, 7) is 0. The first-order valence-electron chi connectivity index (χ1n) is 11.5. The monoisotopic (exact) mass is 582 g/mol. The van der Waals surface area contributed by atoms with Crippen molar-refractivity contribution in [2.75, 3.05) is 12.9 Å². The lowest BCUT2D eigenvalue weighted by atomic mass is 9.97. The van der Waals surface area contributed by atoms with E-state index in [2.05, 4.69) is 26.5 Å². The summed E-state index contributed by atoms with van der Waals surface area (Å²) in [4.78, 5) is 33.2. The molecule has 0 atom stereocenters. The van der Waals surface area contributed by atoms with Crippen LogP contribution in [0.1, 0.15) is 28.8 Å². The van der Waals surface area contributed by atoms with Gasteiger partial charge in [0.15, 0.2) is 5.16 Å². The van der Waals surface area contributed by atoms with Crippen LogP contribution in [0.15, 0.2) is 68.1 Å². The number of hydrogen-bond acceptors (Lipinski definition) is 7. The third kappa shape index (κ3) is 5.11. The number of hydrogen-bond donors (Lipinski definition) is 1. The number of methoxy groups -OCH3 is 1. The second-order valence-electron chi connectivity index (χ2n) is 8.23. The highest BCUT2D eigenvalue weighted by Gasteiger charge is 2.23. The largest absolute Gasteiger partial charge is 0.497 e. The van der Waals surface area contributed by atoms with Gasteiger partial charge in [0.25, 0.3) is 11.5 Å². The Kier molecular flexibility index (Phi) is 7.54. The van der Waals surface area contributed by atoms with Gasteiger partial charge in [-0.3, -0.25) is 14.2 Å². The average Bonchev–Trinajstić information content (AvgIpc) is 3.27. The molecule has 1 N–H and O–H groups in total. The fourth-order valence-corrected chi connectivity index (χ4v) is 6.65. The summed E-state index contributed by atoms with van der Waals surface area (Å²) < 4.78 is 7.77. The highest BCUT2D eigenvalue weighted by atomic mass is 79.9. The molecule has 4 aromatic rings. The van der Waals surface area contributed by atoms with Crippen molar-refractivity contribution in [1.82, 2.24) is 15.0 Å². The van der Waals surface area contributed by atoms with Crippen molar-refractivity contribution in [3.05, 3.63) is 79.4 Å². The Morgan fingerprint density at radius 3 is 2.78 bits per heavy atom. The Hall–Kier alpha value is -2.95. The summed E-state index contributed by atoms with van der Waals surface area (Å²) in [6.07, 6.45) is 5.68. The van der Waals surface area contributed by atoms with E-state index in [0.29, 0.717) is 22.0 Å². The third-order valence-corrected chi connectivity index (χ3v) is 8.77. The Morgan fingerprint density at radius 1 is 1.22 bits per heavy atom. The minimum absolute atomic E-state index is 0.0620. The van der Waals surface area contributed by atoms with Gasteiger partial charge in [-0.25, -0.2) is 10.4 Å². The normalized spacial score (nSPS) is 13.2. The van der Waals surface area contributed by atoms with Crippen LogP contribution in [0.25, 0.3) is 15.9 Å². The fraction of sp³-hybridized carbons (Fsp3) is 0.231. The number of thiophene rings is 1. The van der Waals surface area contributed by atoms with Crippen molar-refractivity contribution >= 4 is 61.4 Å². The van der Waals surface area contributed by atoms with Crippen molar-refractivity contribution in [3.8, 4) is 11.4 Å². The van der Waals surface area contributed by atoms with Crippen molar-refractivity contribution in [3.63, 3.8) is 0 Å². The van der Waals surface area contributed by atoms with Crippen LogP contribution < -0.4 is 15.7 Å². The second kappa shape index (κ2) is 11.0. The van der Waals surface area contributed by atoms with Crippen molar-refractivity contribution < 1.29 is 9.53 Å². The van der Waals surface area contributed by atoms with Crippen molar-refractivity contribution in [1.29, 1.82) is 0 Å². The summed E-state index contributed by atoms with van der Waals surface area (Å²) in [6, 6.07) is 14.9. The number of amides is 1. The number of thioether (sulfide) groups is 1. The number of hydrazone groups is 1. The average molecular weight is 584 g/mol. The summed E-state index contributed by atoms with van der Waals surface area (Å²) in [5.41, 5.74) is 5.13. The first-order valence-corrected chi connectivity index (χ1v) is 14.1. The molecule has 184 valence electrons. The fourth-order valence-electron chi connectivity index (χ4n) is 4.16. The smallest absolute Gasteiger partial charge is 0.267 e. The lowest BCUT2D eigenvalue weighted by molar-refractivity contribution is -0.118. The number of rotatable bonds is 7. The van der Waals surface area contributed by atoms with Gasteiger partial charge in [0, 0.05) is 14.9 Å². The number of carbonyl (C=O) groups is 1. The van der Waals surface area contributed by atoms with Gasteiger partial charge >= 0.3 is 0 Å². The molecule has 2 heterocycles. The zero-order valence-corrected chi connectivity index (χ0v) is 22.7. The molecule has 1 aliphatic rings. The van der Waals surface area contributed by atoms with Crippen LogP contribution in [0.3, 0.4) is 0 Å². The van der Waals surface area contributed by atoms with Crippen LogP contribution in [-0.4, -0.2) is 34.5 Å². The van der Waals surface area contributed by atoms with Crippen LogP contribution in [0.5, 0.6) is 5.75 Å². The summed E-state index contributed by atoms with van der Waals surface area (Å²) in [7, 11) is 1.60. The topological polar surface area (TPSA) is 85.6 Å². The predicted octanol–water partition coefficient (Wildman–Crippen LogP) is 5.34. The van der Waals surface area contributed by atoms with Gasteiger partial charge in [0.2, 0.25) is 0 Å². The van der Waals surface area contributed by atoms with E-state index in [0.717, 1.165) is 46.1 Å². The quantitative estimate of drug-likeness (QED) is 0.137. The molecule has 5 rings (SSSR count). The first-order chi connectivity index (χ1) is 17.5. The molecule has 36 heavy (non-hydrogen) atoms. The van der Waals surface area contributed by atoms with E-state index in [1.165, 1.54) is 16.6 Å². The van der Waals surface area contributed by atoms with Gasteiger partial charge in [-0.2, -0.15) is 5.10 Å². The summed E-state index contributed by atoms with van der Waals surface area (Å²) in [5, 5.41) is 5.24. The number of aryl methyl sites for hydroxylation is 2. The SMILES string of the molecule is COc1ccc(-n2c(SCC(=O)NN=Cc3ccccc3Br)nc3sc4c(c3c2=O)CCCC4)cc1. The minimum atomic E-state index is -0.288. The Labute approximate surface area is 224 Å². The summed E-state index contributed by atoms with van der Waals surface area (Å²) in [5.74, 6) is 0.474. The van der Waals surface area contributed by atoms with Crippen LogP contribution in [0, 0.1) is 0 Å². The Balaban J connectivity index is 1.44. The van der Waals surface area contributed by atoms with Crippen molar-refractivity contribution in [2.45, 2.75) is 30.8 Å². The molecule has 1 amide bonds. The Morgan fingerprint density at radius 2 is 2.00 bits per heavy atom. The van der Waals surface area contributed by atoms with Crippen LogP contribution in [0.2, 0.25) is 0 Å². The highest BCUT2D eigenvalue weighted by molar-refractivity contribution is 9.10. The van der Waals surface area contributed by atoms with E-state index in [9.17, 15) is 9.59 Å². The molecule has 0 saturated heterocycles. The number of nitrogens with zero attached hydrogens (tertiary/aromatic N) is 3. The van der Waals surface area contributed by atoms with Crippen molar-refractivity contribution in [2.24, 2.45) is 5.10 Å². The number of halogens is 1. The number of fused-ring (bicyclic) bond motifs is 3. The maximum atomic E-state index is 13.8. The van der Waals surface area contributed by atoms with Gasteiger partial charge in [-0.05, 0) is 61.6 Å².